The highest BCUT2D eigenvalue weighted by Crippen LogP contribution is 2.41. The Bertz CT molecular complexity index is 693. The van der Waals surface area contributed by atoms with Crippen LogP contribution in [0.5, 0.6) is 0 Å². The number of hydrogen-bond donors (Lipinski definition) is 1. The molecule has 6 heteroatoms. The number of halogens is 4. The maximum atomic E-state index is 13.9. The summed E-state index contributed by atoms with van der Waals surface area (Å²) < 4.78 is 13.9. The van der Waals surface area contributed by atoms with E-state index in [4.69, 9.17) is 34.8 Å². The first-order valence-electron chi connectivity index (χ1n) is 6.38. The summed E-state index contributed by atoms with van der Waals surface area (Å²) in [5.74, 6) is 0.675. The first-order chi connectivity index (χ1) is 10.1. The summed E-state index contributed by atoms with van der Waals surface area (Å²) in [7, 11) is 0. The molecule has 0 saturated carbocycles. The number of nitrogens with one attached hydrogen (secondary N) is 1. The van der Waals surface area contributed by atoms with E-state index in [1.807, 2.05) is 6.07 Å². The summed E-state index contributed by atoms with van der Waals surface area (Å²) in [6.45, 7) is 0. The van der Waals surface area contributed by atoms with Crippen molar-refractivity contribution in [3.05, 3.63) is 56.8 Å². The third-order valence-electron chi connectivity index (χ3n) is 3.37. The zero-order chi connectivity index (χ0) is 15.0. The molecule has 0 saturated heterocycles. The van der Waals surface area contributed by atoms with Crippen LogP contribution in [0, 0.1) is 5.82 Å². The van der Waals surface area contributed by atoms with Crippen molar-refractivity contribution in [1.82, 2.24) is 0 Å². The number of hydrogen-bond acceptors (Lipinski definition) is 2. The van der Waals surface area contributed by atoms with Gasteiger partial charge in [-0.3, -0.25) is 0 Å². The lowest BCUT2D eigenvalue weighted by Gasteiger charge is -2.27. The van der Waals surface area contributed by atoms with Crippen molar-refractivity contribution in [2.75, 3.05) is 11.1 Å². The van der Waals surface area contributed by atoms with Gasteiger partial charge in [0.15, 0.2) is 0 Å². The van der Waals surface area contributed by atoms with Gasteiger partial charge in [-0.05, 0) is 30.2 Å². The fourth-order valence-electron chi connectivity index (χ4n) is 2.36. The quantitative estimate of drug-likeness (QED) is 0.617. The smallest absolute Gasteiger partial charge is 0.137 e. The lowest BCUT2D eigenvalue weighted by Crippen LogP contribution is -2.17. The van der Waals surface area contributed by atoms with Gasteiger partial charge in [0.25, 0.3) is 0 Å². The van der Waals surface area contributed by atoms with Crippen LogP contribution in [0.4, 0.5) is 10.1 Å². The van der Waals surface area contributed by atoms with E-state index in [1.165, 1.54) is 6.07 Å². The molecule has 0 amide bonds. The molecule has 3 rings (SSSR count). The van der Waals surface area contributed by atoms with Crippen molar-refractivity contribution < 1.29 is 4.39 Å². The molecular weight excluding hydrogens is 352 g/mol. The SMILES string of the molecule is Fc1cccc2c1SCCC2Nc1cc(Cl)c(Cl)cc1Cl. The molecule has 0 fully saturated rings. The first-order valence-corrected chi connectivity index (χ1v) is 8.50. The van der Waals surface area contributed by atoms with Gasteiger partial charge in [-0.2, -0.15) is 0 Å². The van der Waals surface area contributed by atoms with E-state index in [2.05, 4.69) is 5.32 Å². The van der Waals surface area contributed by atoms with Crippen molar-refractivity contribution in [3.8, 4) is 0 Å². The van der Waals surface area contributed by atoms with E-state index in [-0.39, 0.29) is 11.9 Å². The van der Waals surface area contributed by atoms with Crippen LogP contribution in [0.3, 0.4) is 0 Å². The maximum Gasteiger partial charge on any atom is 0.137 e. The zero-order valence-electron chi connectivity index (χ0n) is 10.8. The summed E-state index contributed by atoms with van der Waals surface area (Å²) in [6, 6.07) is 8.47. The highest BCUT2D eigenvalue weighted by Gasteiger charge is 2.23. The number of fused-ring (bicyclic) bond motifs is 1. The number of rotatable bonds is 2. The molecule has 2 aromatic carbocycles. The molecule has 2 aromatic rings. The van der Waals surface area contributed by atoms with Crippen LogP contribution in [-0.2, 0) is 0 Å². The lowest BCUT2D eigenvalue weighted by molar-refractivity contribution is 0.585. The Balaban J connectivity index is 1.94. The van der Waals surface area contributed by atoms with Crippen LogP contribution in [0.2, 0.25) is 15.1 Å². The summed E-state index contributed by atoms with van der Waals surface area (Å²) in [5, 5.41) is 4.70. The Morgan fingerprint density at radius 3 is 2.67 bits per heavy atom. The van der Waals surface area contributed by atoms with Gasteiger partial charge in [0.1, 0.15) is 5.82 Å². The minimum absolute atomic E-state index is 0.00620. The highest BCUT2D eigenvalue weighted by atomic mass is 35.5. The number of thioether (sulfide) groups is 1. The molecule has 21 heavy (non-hydrogen) atoms. The van der Waals surface area contributed by atoms with Crippen LogP contribution in [0.25, 0.3) is 0 Å². The second-order valence-electron chi connectivity index (χ2n) is 4.74. The van der Waals surface area contributed by atoms with Gasteiger partial charge in [-0.25, -0.2) is 4.39 Å². The molecule has 0 radical (unpaired) electrons. The largest absolute Gasteiger partial charge is 0.377 e. The summed E-state index contributed by atoms with van der Waals surface area (Å²) in [4.78, 5) is 0.706. The van der Waals surface area contributed by atoms with Crippen LogP contribution in [-0.4, -0.2) is 5.75 Å². The van der Waals surface area contributed by atoms with Gasteiger partial charge in [0.2, 0.25) is 0 Å². The molecule has 0 aliphatic carbocycles. The van der Waals surface area contributed by atoms with E-state index in [1.54, 1.807) is 30.0 Å². The summed E-state index contributed by atoms with van der Waals surface area (Å²) in [6.07, 6.45) is 0.887. The third kappa shape index (κ3) is 3.11. The van der Waals surface area contributed by atoms with Crippen molar-refractivity contribution >= 4 is 52.3 Å². The topological polar surface area (TPSA) is 12.0 Å². The van der Waals surface area contributed by atoms with Gasteiger partial charge in [0.05, 0.1) is 26.8 Å². The Morgan fingerprint density at radius 1 is 1.10 bits per heavy atom. The zero-order valence-corrected chi connectivity index (χ0v) is 13.9. The molecule has 1 heterocycles. The van der Waals surface area contributed by atoms with Gasteiger partial charge in [-0.1, -0.05) is 46.9 Å². The van der Waals surface area contributed by atoms with Gasteiger partial charge < -0.3 is 5.32 Å². The second kappa shape index (κ2) is 6.25. The summed E-state index contributed by atoms with van der Waals surface area (Å²) >= 11 is 19.7. The lowest BCUT2D eigenvalue weighted by atomic mass is 10.0. The van der Waals surface area contributed by atoms with Crippen LogP contribution < -0.4 is 5.32 Å². The van der Waals surface area contributed by atoms with Crippen molar-refractivity contribution in [2.24, 2.45) is 0 Å². The third-order valence-corrected chi connectivity index (χ3v) is 5.56. The van der Waals surface area contributed by atoms with Gasteiger partial charge >= 0.3 is 0 Å². The molecular formula is C15H11Cl3FNS. The minimum Gasteiger partial charge on any atom is -0.377 e. The van der Waals surface area contributed by atoms with E-state index < -0.39 is 0 Å². The molecule has 110 valence electrons. The highest BCUT2D eigenvalue weighted by molar-refractivity contribution is 7.99. The van der Waals surface area contributed by atoms with E-state index in [0.717, 1.165) is 17.7 Å². The molecule has 1 N–H and O–H groups in total. The monoisotopic (exact) mass is 361 g/mol. The normalized spacial score (nSPS) is 17.4. The van der Waals surface area contributed by atoms with Crippen molar-refractivity contribution in [2.45, 2.75) is 17.4 Å². The second-order valence-corrected chi connectivity index (χ2v) is 7.07. The fraction of sp³-hybridized carbons (Fsp3) is 0.200. The molecule has 1 atom stereocenters. The fourth-order valence-corrected chi connectivity index (χ4v) is 4.10. The number of benzene rings is 2. The van der Waals surface area contributed by atoms with Crippen LogP contribution >= 0.6 is 46.6 Å². The molecule has 1 unspecified atom stereocenters. The Labute approximate surface area is 141 Å². The molecule has 1 nitrogen and oxygen atoms in total. The predicted molar refractivity (Wildman–Crippen MR) is 89.6 cm³/mol. The number of anilines is 1. The average molecular weight is 363 g/mol. The molecule has 1 aliphatic rings. The minimum atomic E-state index is -0.177. The maximum absolute atomic E-state index is 13.9. The van der Waals surface area contributed by atoms with E-state index in [0.29, 0.717) is 25.7 Å². The predicted octanol–water partition coefficient (Wildman–Crippen LogP) is 6.43. The molecule has 0 aromatic heterocycles. The van der Waals surface area contributed by atoms with Crippen LogP contribution in [0.15, 0.2) is 35.2 Å². The van der Waals surface area contributed by atoms with Crippen molar-refractivity contribution in [1.29, 1.82) is 0 Å². The van der Waals surface area contributed by atoms with Crippen molar-refractivity contribution in [3.63, 3.8) is 0 Å². The standard InChI is InChI=1S/C15H11Cl3FNS/c16-9-6-11(18)14(7-10(9)17)20-13-4-5-21-15-8(13)2-1-3-12(15)19/h1-3,6-7,13,20H,4-5H2. The Hall–Kier alpha value is -0.610. The van der Waals surface area contributed by atoms with Crippen LogP contribution in [0.1, 0.15) is 18.0 Å². The molecule has 0 bridgehead atoms. The van der Waals surface area contributed by atoms with E-state index in [9.17, 15) is 4.39 Å². The first kappa shape index (κ1) is 15.3. The van der Waals surface area contributed by atoms with E-state index >= 15 is 0 Å². The van der Waals surface area contributed by atoms with Gasteiger partial charge in [0, 0.05) is 10.6 Å². The molecule has 1 aliphatic heterocycles. The molecule has 0 spiro atoms. The Kier molecular flexibility index (Phi) is 4.55. The average Bonchev–Trinajstić information content (AvgIpc) is 2.46. The van der Waals surface area contributed by atoms with Gasteiger partial charge in [-0.15, -0.1) is 11.8 Å². The Morgan fingerprint density at radius 2 is 1.86 bits per heavy atom. The summed E-state index contributed by atoms with van der Waals surface area (Å²) in [5.41, 5.74) is 1.66.